The molecule has 4 aliphatic heterocycles. The molecule has 0 amide bonds. The number of hydrogen-bond donors (Lipinski definition) is 0. The van der Waals surface area contributed by atoms with E-state index in [1.807, 2.05) is 0 Å². The van der Waals surface area contributed by atoms with Gasteiger partial charge in [-0.3, -0.25) is 0 Å². The normalized spacial score (nSPS) is 55.5. The molecule has 4 nitrogen and oxygen atoms in total. The third-order valence-electron chi connectivity index (χ3n) is 4.13. The summed E-state index contributed by atoms with van der Waals surface area (Å²) in [6, 6.07) is 0. The van der Waals surface area contributed by atoms with Gasteiger partial charge < -0.3 is 18.9 Å². The molecule has 6 unspecified atom stereocenters. The fourth-order valence-corrected chi connectivity index (χ4v) is 3.01. The molecular formula is C12H18O4. The molecule has 4 rings (SSSR count). The highest BCUT2D eigenvalue weighted by molar-refractivity contribution is 4.93. The van der Waals surface area contributed by atoms with Gasteiger partial charge in [-0.05, 0) is 25.7 Å². The third-order valence-corrected chi connectivity index (χ3v) is 4.13. The molecule has 0 radical (unpaired) electrons. The molecule has 0 spiro atoms. The molecule has 0 aromatic carbocycles. The summed E-state index contributed by atoms with van der Waals surface area (Å²) in [6.07, 6.45) is 6.59. The van der Waals surface area contributed by atoms with Gasteiger partial charge in [-0.1, -0.05) is 0 Å². The second-order valence-electron chi connectivity index (χ2n) is 5.32. The summed E-state index contributed by atoms with van der Waals surface area (Å²) in [6.45, 7) is 1.78. The monoisotopic (exact) mass is 226 g/mol. The largest absolute Gasteiger partial charge is 0.370 e. The lowest BCUT2D eigenvalue weighted by Gasteiger charge is -2.19. The first kappa shape index (κ1) is 9.83. The van der Waals surface area contributed by atoms with Crippen LogP contribution in [0.3, 0.4) is 0 Å². The molecule has 0 aromatic rings. The highest BCUT2D eigenvalue weighted by atomic mass is 16.6. The first-order valence-electron chi connectivity index (χ1n) is 6.44. The molecule has 0 bridgehead atoms. The second kappa shape index (κ2) is 3.67. The van der Waals surface area contributed by atoms with Crippen LogP contribution in [0.1, 0.15) is 25.7 Å². The van der Waals surface area contributed by atoms with Crippen LogP contribution in [-0.2, 0) is 18.9 Å². The van der Waals surface area contributed by atoms with E-state index in [2.05, 4.69) is 0 Å². The summed E-state index contributed by atoms with van der Waals surface area (Å²) >= 11 is 0. The Morgan fingerprint density at radius 3 is 1.12 bits per heavy atom. The highest BCUT2D eigenvalue weighted by Gasteiger charge is 2.46. The van der Waals surface area contributed by atoms with Crippen molar-refractivity contribution in [2.24, 2.45) is 0 Å². The molecule has 0 N–H and O–H groups in total. The van der Waals surface area contributed by atoms with Crippen molar-refractivity contribution in [1.29, 1.82) is 0 Å². The quantitative estimate of drug-likeness (QED) is 0.670. The van der Waals surface area contributed by atoms with Crippen LogP contribution >= 0.6 is 0 Å². The Kier molecular flexibility index (Phi) is 2.25. The Morgan fingerprint density at radius 2 is 0.812 bits per heavy atom. The molecule has 4 fully saturated rings. The summed E-state index contributed by atoms with van der Waals surface area (Å²) in [5.74, 6) is 0. The molecule has 16 heavy (non-hydrogen) atoms. The molecule has 6 atom stereocenters. The average molecular weight is 226 g/mol. The maximum absolute atomic E-state index is 6.03. The molecule has 4 heterocycles. The van der Waals surface area contributed by atoms with Crippen molar-refractivity contribution in [3.63, 3.8) is 0 Å². The lowest BCUT2D eigenvalue weighted by molar-refractivity contribution is -0.0732. The number of epoxide rings is 2. The van der Waals surface area contributed by atoms with E-state index >= 15 is 0 Å². The zero-order valence-corrected chi connectivity index (χ0v) is 9.34. The first-order valence-corrected chi connectivity index (χ1v) is 6.44. The standard InChI is InChI=1S/C12H18O4/c1-3-9(11-5-13-11)15-7(1)8-2-4-10(16-8)12-6-14-12/h7-12H,1-6H2. The Hall–Kier alpha value is -0.160. The lowest BCUT2D eigenvalue weighted by atomic mass is 10.1. The number of hydrogen-bond acceptors (Lipinski definition) is 4. The Balaban J connectivity index is 1.33. The third kappa shape index (κ3) is 1.78. The Bertz CT molecular complexity index is 246. The van der Waals surface area contributed by atoms with E-state index in [9.17, 15) is 0 Å². The van der Waals surface area contributed by atoms with E-state index in [1.165, 1.54) is 0 Å². The van der Waals surface area contributed by atoms with Crippen LogP contribution in [0.5, 0.6) is 0 Å². The van der Waals surface area contributed by atoms with Crippen LogP contribution in [0.4, 0.5) is 0 Å². The molecule has 4 heteroatoms. The van der Waals surface area contributed by atoms with Crippen LogP contribution in [0.2, 0.25) is 0 Å². The van der Waals surface area contributed by atoms with Crippen LogP contribution in [-0.4, -0.2) is 49.8 Å². The topological polar surface area (TPSA) is 43.5 Å². The fourth-order valence-electron chi connectivity index (χ4n) is 3.01. The maximum atomic E-state index is 6.03. The van der Waals surface area contributed by atoms with Crippen molar-refractivity contribution < 1.29 is 18.9 Å². The molecule has 4 aliphatic rings. The van der Waals surface area contributed by atoms with E-state index in [0.717, 1.165) is 38.9 Å². The van der Waals surface area contributed by atoms with Gasteiger partial charge >= 0.3 is 0 Å². The van der Waals surface area contributed by atoms with Crippen molar-refractivity contribution in [3.05, 3.63) is 0 Å². The summed E-state index contributed by atoms with van der Waals surface area (Å²) in [7, 11) is 0. The molecule has 0 aromatic heterocycles. The molecule has 0 aliphatic carbocycles. The molecule has 4 saturated heterocycles. The zero-order chi connectivity index (χ0) is 10.5. The Morgan fingerprint density at radius 1 is 0.500 bits per heavy atom. The van der Waals surface area contributed by atoms with Crippen LogP contribution < -0.4 is 0 Å². The molecular weight excluding hydrogens is 208 g/mol. The van der Waals surface area contributed by atoms with E-state index < -0.39 is 0 Å². The first-order chi connectivity index (χ1) is 7.90. The van der Waals surface area contributed by atoms with Gasteiger partial charge in [0.25, 0.3) is 0 Å². The minimum atomic E-state index is 0.304. The minimum Gasteiger partial charge on any atom is -0.370 e. The van der Waals surface area contributed by atoms with Crippen molar-refractivity contribution in [2.45, 2.75) is 62.3 Å². The fraction of sp³-hybridized carbons (Fsp3) is 1.00. The van der Waals surface area contributed by atoms with E-state index in [0.29, 0.717) is 36.6 Å². The van der Waals surface area contributed by atoms with Gasteiger partial charge in [0.2, 0.25) is 0 Å². The number of rotatable bonds is 3. The van der Waals surface area contributed by atoms with E-state index in [4.69, 9.17) is 18.9 Å². The van der Waals surface area contributed by atoms with Crippen LogP contribution in [0, 0.1) is 0 Å². The summed E-state index contributed by atoms with van der Waals surface area (Å²) in [5, 5.41) is 0. The molecule has 90 valence electrons. The smallest absolute Gasteiger partial charge is 0.107 e. The van der Waals surface area contributed by atoms with E-state index in [-0.39, 0.29) is 0 Å². The summed E-state index contributed by atoms with van der Waals surface area (Å²) in [5.41, 5.74) is 0. The molecule has 0 saturated carbocycles. The van der Waals surface area contributed by atoms with Gasteiger partial charge in [0.05, 0.1) is 37.6 Å². The van der Waals surface area contributed by atoms with Crippen molar-refractivity contribution >= 4 is 0 Å². The van der Waals surface area contributed by atoms with Gasteiger partial charge in [0, 0.05) is 0 Å². The van der Waals surface area contributed by atoms with Crippen LogP contribution in [0.25, 0.3) is 0 Å². The van der Waals surface area contributed by atoms with Gasteiger partial charge in [0.15, 0.2) is 0 Å². The van der Waals surface area contributed by atoms with Crippen molar-refractivity contribution in [1.82, 2.24) is 0 Å². The van der Waals surface area contributed by atoms with Crippen molar-refractivity contribution in [3.8, 4) is 0 Å². The predicted molar refractivity (Wildman–Crippen MR) is 55.3 cm³/mol. The van der Waals surface area contributed by atoms with Gasteiger partial charge in [-0.2, -0.15) is 0 Å². The SMILES string of the molecule is C1OC1C1CCC(C2CCC(C3CO3)O2)O1. The van der Waals surface area contributed by atoms with Crippen molar-refractivity contribution in [2.75, 3.05) is 13.2 Å². The number of ether oxygens (including phenoxy) is 4. The minimum absolute atomic E-state index is 0.304. The van der Waals surface area contributed by atoms with E-state index in [1.54, 1.807) is 0 Å². The van der Waals surface area contributed by atoms with Gasteiger partial charge in [-0.15, -0.1) is 0 Å². The lowest BCUT2D eigenvalue weighted by Crippen LogP contribution is -2.29. The van der Waals surface area contributed by atoms with Crippen LogP contribution in [0.15, 0.2) is 0 Å². The average Bonchev–Trinajstić information content (AvgIpc) is 3.23. The van der Waals surface area contributed by atoms with Gasteiger partial charge in [0.1, 0.15) is 12.2 Å². The highest BCUT2D eigenvalue weighted by Crippen LogP contribution is 2.37. The van der Waals surface area contributed by atoms with Gasteiger partial charge in [-0.25, -0.2) is 0 Å². The Labute approximate surface area is 95.2 Å². The summed E-state index contributed by atoms with van der Waals surface area (Å²) < 4.78 is 22.6. The second-order valence-corrected chi connectivity index (χ2v) is 5.32. The maximum Gasteiger partial charge on any atom is 0.107 e. The predicted octanol–water partition coefficient (Wildman–Crippen LogP) is 0.879. The summed E-state index contributed by atoms with van der Waals surface area (Å²) in [4.78, 5) is 0. The zero-order valence-electron chi connectivity index (χ0n) is 9.34.